The Kier molecular flexibility index (Phi) is 6.82. The van der Waals surface area contributed by atoms with Gasteiger partial charge in [0.1, 0.15) is 5.82 Å². The van der Waals surface area contributed by atoms with Gasteiger partial charge in [0.05, 0.1) is 11.3 Å². The molecule has 34 heavy (non-hydrogen) atoms. The van der Waals surface area contributed by atoms with Gasteiger partial charge in [-0.25, -0.2) is 9.78 Å². The highest BCUT2D eigenvalue weighted by Gasteiger charge is 2.42. The van der Waals surface area contributed by atoms with Gasteiger partial charge in [-0.2, -0.15) is 13.2 Å². The van der Waals surface area contributed by atoms with Crippen molar-refractivity contribution >= 4 is 5.97 Å². The number of benzene rings is 1. The third-order valence-corrected chi connectivity index (χ3v) is 7.04. The number of aliphatic carboxylic acids is 1. The average molecular weight is 479 g/mol. The molecule has 1 N–H and O–H groups in total. The summed E-state index contributed by atoms with van der Waals surface area (Å²) in [7, 11) is 2.19. The lowest BCUT2D eigenvalue weighted by Crippen LogP contribution is -2.40. The number of hydrogen-bond acceptors (Lipinski definition) is 5. The molecule has 0 unspecified atom stereocenters. The number of halogens is 3. The molecular formula is C24H29F3N4O3. The monoisotopic (exact) mass is 478 g/mol. The lowest BCUT2D eigenvalue weighted by atomic mass is 9.77. The maximum atomic E-state index is 13.3. The van der Waals surface area contributed by atoms with E-state index >= 15 is 0 Å². The van der Waals surface area contributed by atoms with Crippen LogP contribution in [0.4, 0.5) is 13.2 Å². The topological polar surface area (TPSA) is 78.7 Å². The number of likely N-dealkylation sites (tertiary alicyclic amines) is 1. The third-order valence-electron chi connectivity index (χ3n) is 7.04. The lowest BCUT2D eigenvalue weighted by Gasteiger charge is -2.36. The number of alkyl halides is 3. The second kappa shape index (κ2) is 9.50. The largest absolute Gasteiger partial charge is 0.490 e. The number of fused-ring (bicyclic) bond motifs is 2. The number of nitrogens with zero attached hydrogens (tertiary/aromatic N) is 4. The van der Waals surface area contributed by atoms with Crippen LogP contribution in [-0.4, -0.2) is 63.3 Å². The van der Waals surface area contributed by atoms with Crippen molar-refractivity contribution in [1.29, 1.82) is 0 Å². The van der Waals surface area contributed by atoms with Gasteiger partial charge in [-0.15, -0.1) is 0 Å². The highest BCUT2D eigenvalue weighted by Crippen LogP contribution is 2.40. The van der Waals surface area contributed by atoms with Gasteiger partial charge in [0.15, 0.2) is 0 Å². The van der Waals surface area contributed by atoms with Crippen LogP contribution in [0.15, 0.2) is 35.1 Å². The SMILES string of the molecule is CN1CCC2(CC1)Cc1nc3c(c(=O)n1C2)CN(Cc1ccccc1)CC3.O=C(O)C(F)(F)F. The fourth-order valence-electron chi connectivity index (χ4n) is 5.05. The van der Waals surface area contributed by atoms with Crippen molar-refractivity contribution < 1.29 is 23.1 Å². The molecule has 0 amide bonds. The van der Waals surface area contributed by atoms with Crippen LogP contribution < -0.4 is 5.56 Å². The first kappa shape index (κ1) is 24.4. The van der Waals surface area contributed by atoms with Crippen LogP contribution in [-0.2, 0) is 37.3 Å². The Bertz CT molecular complexity index is 1090. The standard InChI is InChI=1S/C22H28N4O.C2HF3O2/c1-24-11-8-22(9-12-24)13-20-23-19-7-10-25(14-17-5-3-2-4-6-17)15-18(19)21(27)26(20)16-22;3-2(4,5)1(6)7/h2-6H,7-16H2,1H3;(H,6,7). The molecule has 4 heterocycles. The van der Waals surface area contributed by atoms with Crippen LogP contribution in [0, 0.1) is 5.41 Å². The highest BCUT2D eigenvalue weighted by molar-refractivity contribution is 5.73. The Hall–Kier alpha value is -2.72. The molecule has 7 nitrogen and oxygen atoms in total. The van der Waals surface area contributed by atoms with Crippen LogP contribution >= 0.6 is 0 Å². The number of carboxylic acids is 1. The molecule has 0 radical (unpaired) electrons. The molecule has 1 fully saturated rings. The maximum absolute atomic E-state index is 13.3. The zero-order chi connectivity index (χ0) is 24.5. The minimum atomic E-state index is -5.08. The number of rotatable bonds is 2. The van der Waals surface area contributed by atoms with Crippen LogP contribution in [0.5, 0.6) is 0 Å². The van der Waals surface area contributed by atoms with Crippen molar-refractivity contribution in [3.05, 3.63) is 63.3 Å². The minimum Gasteiger partial charge on any atom is -0.475 e. The van der Waals surface area contributed by atoms with E-state index in [2.05, 4.69) is 41.1 Å². The Morgan fingerprint density at radius 2 is 1.79 bits per heavy atom. The Morgan fingerprint density at radius 3 is 2.41 bits per heavy atom. The number of hydrogen-bond donors (Lipinski definition) is 1. The first-order chi connectivity index (χ1) is 16.1. The predicted octanol–water partition coefficient (Wildman–Crippen LogP) is 2.70. The van der Waals surface area contributed by atoms with Gasteiger partial charge in [0.2, 0.25) is 0 Å². The fraction of sp³-hybridized carbons (Fsp3) is 0.542. The number of aromatic nitrogens is 2. The molecule has 0 aliphatic carbocycles. The zero-order valence-electron chi connectivity index (χ0n) is 19.1. The molecule has 1 aromatic heterocycles. The molecule has 5 rings (SSSR count). The quantitative estimate of drug-likeness (QED) is 0.715. The van der Waals surface area contributed by atoms with Gasteiger partial charge in [-0.3, -0.25) is 14.3 Å². The van der Waals surface area contributed by atoms with Crippen molar-refractivity contribution in [2.45, 2.75) is 51.5 Å². The Labute approximate surface area is 195 Å². The van der Waals surface area contributed by atoms with E-state index in [-0.39, 0.29) is 11.0 Å². The van der Waals surface area contributed by atoms with E-state index in [4.69, 9.17) is 14.9 Å². The molecule has 184 valence electrons. The van der Waals surface area contributed by atoms with Crippen molar-refractivity contribution in [3.8, 4) is 0 Å². The van der Waals surface area contributed by atoms with E-state index in [0.29, 0.717) is 0 Å². The predicted molar refractivity (Wildman–Crippen MR) is 119 cm³/mol. The van der Waals surface area contributed by atoms with E-state index < -0.39 is 12.1 Å². The Morgan fingerprint density at radius 1 is 1.15 bits per heavy atom. The van der Waals surface area contributed by atoms with E-state index in [1.807, 2.05) is 10.6 Å². The van der Waals surface area contributed by atoms with Gasteiger partial charge in [-0.1, -0.05) is 30.3 Å². The van der Waals surface area contributed by atoms with E-state index in [0.717, 1.165) is 69.2 Å². The number of piperidine rings is 1. The number of carboxylic acid groups (broad SMARTS) is 1. The molecule has 1 saturated heterocycles. The average Bonchev–Trinajstić information content (AvgIpc) is 3.15. The highest BCUT2D eigenvalue weighted by atomic mass is 19.4. The minimum absolute atomic E-state index is 0.226. The second-order valence-electron chi connectivity index (χ2n) is 9.57. The maximum Gasteiger partial charge on any atom is 0.490 e. The molecular weight excluding hydrogens is 449 g/mol. The van der Waals surface area contributed by atoms with Crippen LogP contribution in [0.25, 0.3) is 0 Å². The molecule has 3 aliphatic heterocycles. The summed E-state index contributed by atoms with van der Waals surface area (Å²) in [6, 6.07) is 10.5. The summed E-state index contributed by atoms with van der Waals surface area (Å²) >= 11 is 0. The van der Waals surface area contributed by atoms with Crippen molar-refractivity contribution in [2.24, 2.45) is 5.41 Å². The summed E-state index contributed by atoms with van der Waals surface area (Å²) in [6.07, 6.45) is -0.855. The van der Waals surface area contributed by atoms with Crippen LogP contribution in [0.2, 0.25) is 0 Å². The molecule has 1 spiro atoms. The van der Waals surface area contributed by atoms with Crippen molar-refractivity contribution in [3.63, 3.8) is 0 Å². The Balaban J connectivity index is 0.000000344. The lowest BCUT2D eigenvalue weighted by molar-refractivity contribution is -0.192. The molecule has 3 aliphatic rings. The summed E-state index contributed by atoms with van der Waals surface area (Å²) in [5.41, 5.74) is 3.79. The van der Waals surface area contributed by atoms with Gasteiger partial charge in [-0.05, 0) is 44.0 Å². The van der Waals surface area contributed by atoms with Crippen molar-refractivity contribution in [2.75, 3.05) is 26.7 Å². The smallest absolute Gasteiger partial charge is 0.475 e. The summed E-state index contributed by atoms with van der Waals surface area (Å²) in [4.78, 5) is 31.9. The van der Waals surface area contributed by atoms with Gasteiger partial charge in [0, 0.05) is 39.0 Å². The molecule has 0 bridgehead atoms. The van der Waals surface area contributed by atoms with E-state index in [1.54, 1.807) is 0 Å². The molecule has 1 aromatic carbocycles. The van der Waals surface area contributed by atoms with Crippen molar-refractivity contribution in [1.82, 2.24) is 19.4 Å². The van der Waals surface area contributed by atoms with Crippen LogP contribution in [0.3, 0.4) is 0 Å². The third kappa shape index (κ3) is 5.33. The fourth-order valence-corrected chi connectivity index (χ4v) is 5.05. The van der Waals surface area contributed by atoms with Gasteiger partial charge < -0.3 is 10.0 Å². The molecule has 2 aromatic rings. The second-order valence-corrected chi connectivity index (χ2v) is 9.57. The number of carbonyl (C=O) groups is 1. The zero-order valence-corrected chi connectivity index (χ0v) is 19.1. The first-order valence-electron chi connectivity index (χ1n) is 11.4. The summed E-state index contributed by atoms with van der Waals surface area (Å²) < 4.78 is 33.7. The molecule has 10 heteroatoms. The van der Waals surface area contributed by atoms with Gasteiger partial charge in [0.25, 0.3) is 5.56 Å². The summed E-state index contributed by atoms with van der Waals surface area (Å²) in [6.45, 7) is 5.74. The first-order valence-corrected chi connectivity index (χ1v) is 11.4. The summed E-state index contributed by atoms with van der Waals surface area (Å²) in [5, 5.41) is 7.12. The molecule has 0 atom stereocenters. The van der Waals surface area contributed by atoms with E-state index in [9.17, 15) is 18.0 Å². The normalized spacial score (nSPS) is 19.8. The van der Waals surface area contributed by atoms with Gasteiger partial charge >= 0.3 is 12.1 Å². The molecule has 0 saturated carbocycles. The summed E-state index contributed by atoms with van der Waals surface area (Å²) in [5.74, 6) is -1.72. The van der Waals surface area contributed by atoms with Crippen LogP contribution in [0.1, 0.15) is 35.5 Å². The van der Waals surface area contributed by atoms with E-state index in [1.165, 1.54) is 18.4 Å².